The van der Waals surface area contributed by atoms with Gasteiger partial charge in [-0.2, -0.15) is 0 Å². The number of aryl methyl sites for hydroxylation is 1. The van der Waals surface area contributed by atoms with E-state index in [0.717, 1.165) is 17.7 Å². The van der Waals surface area contributed by atoms with Gasteiger partial charge in [0.2, 0.25) is 0 Å². The van der Waals surface area contributed by atoms with Crippen LogP contribution in [0.3, 0.4) is 0 Å². The Morgan fingerprint density at radius 1 is 1.15 bits per heavy atom. The number of rotatable bonds is 8. The third-order valence-corrected chi connectivity index (χ3v) is 4.28. The number of hydrogen-bond donors (Lipinski definition) is 2. The van der Waals surface area contributed by atoms with E-state index in [1.807, 2.05) is 31.2 Å². The average Bonchev–Trinajstić information content (AvgIpc) is 2.98. The van der Waals surface area contributed by atoms with Crippen LogP contribution in [0.5, 0.6) is 5.75 Å². The van der Waals surface area contributed by atoms with Gasteiger partial charge in [-0.25, -0.2) is 4.79 Å². The third-order valence-electron chi connectivity index (χ3n) is 4.28. The molecule has 0 aliphatic heterocycles. The average molecular weight is 358 g/mol. The fraction of sp³-hybridized carbons (Fsp3) is 0.400. The molecule has 2 rings (SSSR count). The number of nitrogens with one attached hydrogen (secondary N) is 2. The number of aromatic amines is 1. The van der Waals surface area contributed by atoms with Gasteiger partial charge in [0, 0.05) is 12.2 Å². The summed E-state index contributed by atoms with van der Waals surface area (Å²) in [5.74, 6) is 0.161. The molecule has 6 heteroatoms. The van der Waals surface area contributed by atoms with Gasteiger partial charge in [0.05, 0.1) is 19.8 Å². The van der Waals surface area contributed by atoms with Crippen molar-refractivity contribution in [2.24, 2.45) is 0 Å². The van der Waals surface area contributed by atoms with Crippen molar-refractivity contribution in [2.75, 3.05) is 20.8 Å². The van der Waals surface area contributed by atoms with Gasteiger partial charge in [0.15, 0.2) is 0 Å². The maximum absolute atomic E-state index is 12.6. The quantitative estimate of drug-likeness (QED) is 0.711. The van der Waals surface area contributed by atoms with Crippen LogP contribution in [0.2, 0.25) is 0 Å². The van der Waals surface area contributed by atoms with Crippen LogP contribution in [0.25, 0.3) is 0 Å². The summed E-state index contributed by atoms with van der Waals surface area (Å²) in [6.07, 6.45) is 2.11. The number of carbonyl (C=O) groups is 2. The van der Waals surface area contributed by atoms with E-state index < -0.39 is 5.97 Å². The SMILES string of the molecule is CCCc1c(C(=O)NCCc2ccccc2OC)[nH]c(C)c1C(=O)OC. The van der Waals surface area contributed by atoms with Gasteiger partial charge >= 0.3 is 5.97 Å². The molecule has 0 atom stereocenters. The highest BCUT2D eigenvalue weighted by Gasteiger charge is 2.24. The minimum Gasteiger partial charge on any atom is -0.496 e. The molecule has 2 N–H and O–H groups in total. The zero-order valence-electron chi connectivity index (χ0n) is 15.8. The molecule has 1 heterocycles. The zero-order chi connectivity index (χ0) is 19.1. The standard InChI is InChI=1S/C20H26N2O4/c1-5-8-15-17(20(24)26-4)13(2)22-18(15)19(23)21-12-11-14-9-6-7-10-16(14)25-3/h6-7,9-10,22H,5,8,11-12H2,1-4H3,(H,21,23). The molecule has 0 aliphatic carbocycles. The van der Waals surface area contributed by atoms with E-state index in [9.17, 15) is 9.59 Å². The number of hydrogen-bond acceptors (Lipinski definition) is 4. The molecule has 1 aromatic carbocycles. The summed E-state index contributed by atoms with van der Waals surface area (Å²) >= 11 is 0. The lowest BCUT2D eigenvalue weighted by molar-refractivity contribution is 0.0599. The first-order valence-electron chi connectivity index (χ1n) is 8.73. The smallest absolute Gasteiger partial charge is 0.339 e. The molecule has 0 spiro atoms. The molecule has 140 valence electrons. The van der Waals surface area contributed by atoms with Gasteiger partial charge in [-0.1, -0.05) is 31.5 Å². The highest BCUT2D eigenvalue weighted by molar-refractivity contribution is 6.00. The van der Waals surface area contributed by atoms with Crippen molar-refractivity contribution in [3.8, 4) is 5.75 Å². The minimum absolute atomic E-state index is 0.221. The molecule has 0 radical (unpaired) electrons. The Hall–Kier alpha value is -2.76. The molecule has 0 bridgehead atoms. The van der Waals surface area contributed by atoms with Crippen molar-refractivity contribution >= 4 is 11.9 Å². The normalized spacial score (nSPS) is 10.5. The second-order valence-electron chi connectivity index (χ2n) is 6.04. The summed E-state index contributed by atoms with van der Waals surface area (Å²) in [7, 11) is 2.97. The third kappa shape index (κ3) is 4.25. The first kappa shape index (κ1) is 19.6. The van der Waals surface area contributed by atoms with Crippen molar-refractivity contribution in [3.63, 3.8) is 0 Å². The molecule has 2 aromatic rings. The lowest BCUT2D eigenvalue weighted by Gasteiger charge is -2.10. The van der Waals surface area contributed by atoms with Crippen molar-refractivity contribution in [2.45, 2.75) is 33.1 Å². The van der Waals surface area contributed by atoms with E-state index in [-0.39, 0.29) is 5.91 Å². The largest absolute Gasteiger partial charge is 0.496 e. The summed E-state index contributed by atoms with van der Waals surface area (Å²) in [5.41, 5.74) is 3.29. The Morgan fingerprint density at radius 2 is 1.88 bits per heavy atom. The van der Waals surface area contributed by atoms with E-state index >= 15 is 0 Å². The van der Waals surface area contributed by atoms with E-state index in [1.165, 1.54) is 7.11 Å². The predicted molar refractivity (Wildman–Crippen MR) is 99.9 cm³/mol. The number of methoxy groups -OCH3 is 2. The minimum atomic E-state index is -0.421. The number of benzene rings is 1. The molecule has 0 unspecified atom stereocenters. The fourth-order valence-electron chi connectivity index (χ4n) is 3.06. The summed E-state index contributed by atoms with van der Waals surface area (Å²) in [5, 5.41) is 2.92. The van der Waals surface area contributed by atoms with Crippen LogP contribution < -0.4 is 10.1 Å². The van der Waals surface area contributed by atoms with Crippen molar-refractivity contribution in [1.82, 2.24) is 10.3 Å². The summed E-state index contributed by atoms with van der Waals surface area (Å²) in [6, 6.07) is 7.72. The number of ether oxygens (including phenoxy) is 2. The van der Waals surface area contributed by atoms with E-state index in [1.54, 1.807) is 14.0 Å². The molecule has 6 nitrogen and oxygen atoms in total. The Balaban J connectivity index is 2.13. The van der Waals surface area contributed by atoms with Crippen LogP contribution in [-0.2, 0) is 17.6 Å². The summed E-state index contributed by atoms with van der Waals surface area (Å²) in [4.78, 5) is 27.7. The first-order chi connectivity index (χ1) is 12.5. The van der Waals surface area contributed by atoms with Crippen LogP contribution >= 0.6 is 0 Å². The molecule has 1 aromatic heterocycles. The number of amides is 1. The molecule has 0 saturated heterocycles. The number of aromatic nitrogens is 1. The maximum Gasteiger partial charge on any atom is 0.339 e. The number of esters is 1. The van der Waals surface area contributed by atoms with Gasteiger partial charge in [0.1, 0.15) is 11.4 Å². The van der Waals surface area contributed by atoms with E-state index in [4.69, 9.17) is 9.47 Å². The monoisotopic (exact) mass is 358 g/mol. The van der Waals surface area contributed by atoms with Crippen LogP contribution in [0.15, 0.2) is 24.3 Å². The second-order valence-corrected chi connectivity index (χ2v) is 6.04. The highest BCUT2D eigenvalue weighted by atomic mass is 16.5. The molecule has 0 fully saturated rings. The second kappa shape index (κ2) is 9.08. The Labute approximate surface area is 153 Å². The molecule has 1 amide bonds. The van der Waals surface area contributed by atoms with Crippen molar-refractivity contribution in [3.05, 3.63) is 52.3 Å². The van der Waals surface area contributed by atoms with Gasteiger partial charge in [-0.3, -0.25) is 4.79 Å². The summed E-state index contributed by atoms with van der Waals surface area (Å²) in [6.45, 7) is 4.25. The lowest BCUT2D eigenvalue weighted by atomic mass is 10.0. The van der Waals surface area contributed by atoms with Crippen LogP contribution in [0, 0.1) is 6.92 Å². The molecule has 0 saturated carbocycles. The molecule has 0 aliphatic rings. The van der Waals surface area contributed by atoms with Crippen molar-refractivity contribution in [1.29, 1.82) is 0 Å². The molecule has 26 heavy (non-hydrogen) atoms. The van der Waals surface area contributed by atoms with Crippen LogP contribution in [0.1, 0.15) is 51.0 Å². The summed E-state index contributed by atoms with van der Waals surface area (Å²) < 4.78 is 10.2. The Morgan fingerprint density at radius 3 is 2.54 bits per heavy atom. The fourth-order valence-corrected chi connectivity index (χ4v) is 3.06. The predicted octanol–water partition coefficient (Wildman–Crippen LogP) is 3.04. The number of carbonyl (C=O) groups excluding carboxylic acids is 2. The van der Waals surface area contributed by atoms with Gasteiger partial charge < -0.3 is 19.8 Å². The highest BCUT2D eigenvalue weighted by Crippen LogP contribution is 2.22. The van der Waals surface area contributed by atoms with E-state index in [0.29, 0.717) is 41.9 Å². The maximum atomic E-state index is 12.6. The number of H-pyrrole nitrogens is 1. The Kier molecular flexibility index (Phi) is 6.83. The van der Waals surface area contributed by atoms with Crippen molar-refractivity contribution < 1.29 is 19.1 Å². The first-order valence-corrected chi connectivity index (χ1v) is 8.73. The van der Waals surface area contributed by atoms with Gasteiger partial charge in [0.25, 0.3) is 5.91 Å². The number of para-hydroxylation sites is 1. The van der Waals surface area contributed by atoms with E-state index in [2.05, 4.69) is 10.3 Å². The van der Waals surface area contributed by atoms with Crippen LogP contribution in [0.4, 0.5) is 0 Å². The zero-order valence-corrected chi connectivity index (χ0v) is 15.8. The van der Waals surface area contributed by atoms with Crippen LogP contribution in [-0.4, -0.2) is 37.6 Å². The van der Waals surface area contributed by atoms with Gasteiger partial charge in [-0.15, -0.1) is 0 Å². The molecular weight excluding hydrogens is 332 g/mol. The molecular formula is C20H26N2O4. The Bertz CT molecular complexity index is 780. The topological polar surface area (TPSA) is 80.4 Å². The lowest BCUT2D eigenvalue weighted by Crippen LogP contribution is -2.27. The van der Waals surface area contributed by atoms with Gasteiger partial charge in [-0.05, 0) is 37.0 Å².